The number of hydrogen-bond donors (Lipinski definition) is 0. The van der Waals surface area contributed by atoms with Crippen molar-refractivity contribution in [1.29, 1.82) is 0 Å². The van der Waals surface area contributed by atoms with Gasteiger partial charge in [-0.25, -0.2) is 9.48 Å². The minimum Gasteiger partial charge on any atom is -0.464 e. The fraction of sp³-hybridized carbons (Fsp3) is 0.200. The molecule has 0 unspecified atom stereocenters. The molecule has 0 bridgehead atoms. The first-order valence-corrected chi connectivity index (χ1v) is 5.64. The normalized spacial score (nSPS) is 10.2. The average molecular weight is 251 g/mol. The molecule has 17 heavy (non-hydrogen) atoms. The second-order valence-electron chi connectivity index (χ2n) is 3.19. The summed E-state index contributed by atoms with van der Waals surface area (Å²) >= 11 is 1.37. The van der Waals surface area contributed by atoms with Gasteiger partial charge >= 0.3 is 5.97 Å². The van der Waals surface area contributed by atoms with Crippen molar-refractivity contribution in [3.8, 4) is 0 Å². The highest BCUT2D eigenvalue weighted by Gasteiger charge is 2.13. The van der Waals surface area contributed by atoms with E-state index in [1.165, 1.54) is 29.3 Å². The average Bonchev–Trinajstić information content (AvgIpc) is 2.98. The number of nitrogens with zero attached hydrogens (tertiary/aromatic N) is 3. The molecule has 2 aromatic heterocycles. The van der Waals surface area contributed by atoms with Gasteiger partial charge in [-0.2, -0.15) is 0 Å². The molecule has 2 aromatic rings. The minimum atomic E-state index is -0.570. The molecule has 6 nitrogen and oxygen atoms in total. The number of thiophene rings is 1. The smallest absolute Gasteiger partial charge is 0.360 e. The summed E-state index contributed by atoms with van der Waals surface area (Å²) in [4.78, 5) is 23.5. The summed E-state index contributed by atoms with van der Waals surface area (Å²) in [7, 11) is 1.26. The van der Waals surface area contributed by atoms with Gasteiger partial charge in [-0.15, -0.1) is 16.4 Å². The molecule has 2 rings (SSSR count). The van der Waals surface area contributed by atoms with E-state index in [0.29, 0.717) is 4.88 Å². The molecule has 0 radical (unpaired) electrons. The van der Waals surface area contributed by atoms with Crippen molar-refractivity contribution in [1.82, 2.24) is 15.0 Å². The van der Waals surface area contributed by atoms with Crippen LogP contribution in [0.1, 0.15) is 20.2 Å². The Morgan fingerprint density at radius 1 is 1.53 bits per heavy atom. The third-order valence-corrected chi connectivity index (χ3v) is 2.95. The van der Waals surface area contributed by atoms with Crippen LogP contribution in [0.25, 0.3) is 0 Å². The Kier molecular flexibility index (Phi) is 3.29. The maximum Gasteiger partial charge on any atom is 0.360 e. The van der Waals surface area contributed by atoms with Crippen LogP contribution in [0.2, 0.25) is 0 Å². The number of rotatable bonds is 4. The molecule has 0 saturated carbocycles. The van der Waals surface area contributed by atoms with Gasteiger partial charge in [0.15, 0.2) is 11.5 Å². The van der Waals surface area contributed by atoms with Crippen molar-refractivity contribution >= 4 is 23.1 Å². The summed E-state index contributed by atoms with van der Waals surface area (Å²) in [5.41, 5.74) is 0.0893. The first kappa shape index (κ1) is 11.5. The first-order chi connectivity index (χ1) is 8.20. The minimum absolute atomic E-state index is 0.0600. The number of carbonyl (C=O) groups is 2. The van der Waals surface area contributed by atoms with Crippen LogP contribution < -0.4 is 0 Å². The number of esters is 1. The lowest BCUT2D eigenvalue weighted by atomic mass is 10.3. The number of hydrogen-bond acceptors (Lipinski definition) is 6. The van der Waals surface area contributed by atoms with Gasteiger partial charge in [-0.05, 0) is 11.4 Å². The highest BCUT2D eigenvalue weighted by molar-refractivity contribution is 7.12. The molecular weight excluding hydrogens is 242 g/mol. The highest BCUT2D eigenvalue weighted by Crippen LogP contribution is 2.10. The van der Waals surface area contributed by atoms with E-state index in [1.807, 2.05) is 5.38 Å². The maximum absolute atomic E-state index is 11.7. The number of Topliss-reactive ketones (excluding diaryl/α,β-unsaturated/α-hetero) is 1. The lowest BCUT2D eigenvalue weighted by molar-refractivity contribution is 0.0593. The van der Waals surface area contributed by atoms with Gasteiger partial charge in [0, 0.05) is 0 Å². The SMILES string of the molecule is COC(=O)c1cn(CC(=O)c2cccs2)nn1. The Bertz CT molecular complexity index is 533. The summed E-state index contributed by atoms with van der Waals surface area (Å²) in [5, 5.41) is 9.12. The van der Waals surface area contributed by atoms with E-state index in [2.05, 4.69) is 15.0 Å². The zero-order chi connectivity index (χ0) is 12.3. The van der Waals surface area contributed by atoms with Crippen molar-refractivity contribution in [2.45, 2.75) is 6.54 Å². The highest BCUT2D eigenvalue weighted by atomic mass is 32.1. The van der Waals surface area contributed by atoms with Crippen LogP contribution in [-0.4, -0.2) is 33.9 Å². The van der Waals surface area contributed by atoms with Crippen LogP contribution in [-0.2, 0) is 11.3 Å². The fourth-order valence-electron chi connectivity index (χ4n) is 1.24. The van der Waals surface area contributed by atoms with Crippen LogP contribution in [0.5, 0.6) is 0 Å². The Balaban J connectivity index is 2.07. The van der Waals surface area contributed by atoms with Crippen LogP contribution >= 0.6 is 11.3 Å². The number of carbonyl (C=O) groups excluding carboxylic acids is 2. The molecule has 0 N–H and O–H groups in total. The van der Waals surface area contributed by atoms with Gasteiger partial charge < -0.3 is 4.74 Å². The lowest BCUT2D eigenvalue weighted by Gasteiger charge is -1.96. The second-order valence-corrected chi connectivity index (χ2v) is 4.14. The zero-order valence-corrected chi connectivity index (χ0v) is 9.81. The summed E-state index contributed by atoms with van der Waals surface area (Å²) < 4.78 is 5.80. The zero-order valence-electron chi connectivity index (χ0n) is 8.99. The Morgan fingerprint density at radius 2 is 2.35 bits per heavy atom. The van der Waals surface area contributed by atoms with E-state index in [9.17, 15) is 9.59 Å². The van der Waals surface area contributed by atoms with Crippen molar-refractivity contribution in [2.75, 3.05) is 7.11 Å². The van der Waals surface area contributed by atoms with E-state index in [4.69, 9.17) is 0 Å². The lowest BCUT2D eigenvalue weighted by Crippen LogP contribution is -2.09. The van der Waals surface area contributed by atoms with Gasteiger partial charge in [0.25, 0.3) is 0 Å². The van der Waals surface area contributed by atoms with Crippen LogP contribution in [0.4, 0.5) is 0 Å². The van der Waals surface area contributed by atoms with Crippen LogP contribution in [0.3, 0.4) is 0 Å². The van der Waals surface area contributed by atoms with Gasteiger partial charge in [0.1, 0.15) is 6.54 Å². The monoisotopic (exact) mass is 251 g/mol. The van der Waals surface area contributed by atoms with Crippen molar-refractivity contribution in [2.24, 2.45) is 0 Å². The second kappa shape index (κ2) is 4.88. The van der Waals surface area contributed by atoms with Crippen LogP contribution in [0.15, 0.2) is 23.7 Å². The molecule has 0 saturated heterocycles. The number of ketones is 1. The molecule has 0 aliphatic heterocycles. The third-order valence-electron chi connectivity index (χ3n) is 2.03. The summed E-state index contributed by atoms with van der Waals surface area (Å²) in [5.74, 6) is -0.638. The quantitative estimate of drug-likeness (QED) is 0.599. The maximum atomic E-state index is 11.7. The first-order valence-electron chi connectivity index (χ1n) is 4.76. The van der Waals surface area contributed by atoms with E-state index in [-0.39, 0.29) is 18.0 Å². The Labute approximate surface area is 101 Å². The molecular formula is C10H9N3O3S. The third kappa shape index (κ3) is 2.56. The molecule has 88 valence electrons. The largest absolute Gasteiger partial charge is 0.464 e. The van der Waals surface area contributed by atoms with Gasteiger partial charge in [-0.3, -0.25) is 4.79 Å². The van der Waals surface area contributed by atoms with Gasteiger partial charge in [-0.1, -0.05) is 11.3 Å². The molecule has 0 aliphatic rings. The molecule has 0 spiro atoms. The van der Waals surface area contributed by atoms with Crippen molar-refractivity contribution < 1.29 is 14.3 Å². The molecule has 0 aliphatic carbocycles. The Hall–Kier alpha value is -2.02. The van der Waals surface area contributed by atoms with Gasteiger partial charge in [0.05, 0.1) is 18.2 Å². The number of ether oxygens (including phenoxy) is 1. The predicted octanol–water partition coefficient (Wildman–Crippen LogP) is 1.01. The predicted molar refractivity (Wildman–Crippen MR) is 60.0 cm³/mol. The molecule has 0 atom stereocenters. The standard InChI is InChI=1S/C10H9N3O3S/c1-16-10(15)7-5-13(12-11-7)6-8(14)9-3-2-4-17-9/h2-5H,6H2,1H3. The molecule has 0 amide bonds. The fourth-order valence-corrected chi connectivity index (χ4v) is 1.89. The molecule has 0 aromatic carbocycles. The number of aromatic nitrogens is 3. The molecule has 2 heterocycles. The van der Waals surface area contributed by atoms with E-state index in [0.717, 1.165) is 0 Å². The van der Waals surface area contributed by atoms with Crippen LogP contribution in [0, 0.1) is 0 Å². The van der Waals surface area contributed by atoms with Gasteiger partial charge in [0.2, 0.25) is 0 Å². The van der Waals surface area contributed by atoms with Crippen molar-refractivity contribution in [3.05, 3.63) is 34.3 Å². The number of methoxy groups -OCH3 is 1. The summed E-state index contributed by atoms with van der Waals surface area (Å²) in [6.07, 6.45) is 1.39. The topological polar surface area (TPSA) is 74.1 Å². The van der Waals surface area contributed by atoms with E-state index >= 15 is 0 Å². The summed E-state index contributed by atoms with van der Waals surface area (Å²) in [6, 6.07) is 3.55. The van der Waals surface area contributed by atoms with E-state index < -0.39 is 5.97 Å². The summed E-state index contributed by atoms with van der Waals surface area (Å²) in [6.45, 7) is 0.0600. The molecule has 0 fully saturated rings. The van der Waals surface area contributed by atoms with Crippen molar-refractivity contribution in [3.63, 3.8) is 0 Å². The van der Waals surface area contributed by atoms with E-state index in [1.54, 1.807) is 12.1 Å². The Morgan fingerprint density at radius 3 is 3.00 bits per heavy atom. The molecule has 7 heteroatoms.